The third-order valence-corrected chi connectivity index (χ3v) is 8.58. The SMILES string of the molecule is CC(C)(C)[Si](C)(C)OCCC(=O)c1ccc(OCC(F)(F)F)nc1. The topological polar surface area (TPSA) is 48.4 Å². The molecule has 0 bridgehead atoms. The summed E-state index contributed by atoms with van der Waals surface area (Å²) in [5.41, 5.74) is 0.327. The Labute approximate surface area is 141 Å². The Hall–Kier alpha value is -1.41. The van der Waals surface area contributed by atoms with Crippen molar-refractivity contribution in [2.75, 3.05) is 13.2 Å². The molecule has 1 heterocycles. The monoisotopic (exact) mass is 363 g/mol. The van der Waals surface area contributed by atoms with Gasteiger partial charge in [0.05, 0.1) is 0 Å². The molecule has 1 aromatic heterocycles. The molecule has 0 N–H and O–H groups in total. The number of hydrogen-bond acceptors (Lipinski definition) is 4. The first-order valence-electron chi connectivity index (χ1n) is 7.64. The van der Waals surface area contributed by atoms with Gasteiger partial charge >= 0.3 is 6.18 Å². The predicted molar refractivity (Wildman–Crippen MR) is 87.9 cm³/mol. The van der Waals surface area contributed by atoms with Gasteiger partial charge in [0.15, 0.2) is 20.7 Å². The highest BCUT2D eigenvalue weighted by Gasteiger charge is 2.37. The van der Waals surface area contributed by atoms with Crippen molar-refractivity contribution < 1.29 is 27.1 Å². The predicted octanol–water partition coefficient (Wildman–Crippen LogP) is 4.62. The maximum atomic E-state index is 12.1. The number of rotatable bonds is 7. The molecule has 0 atom stereocenters. The molecule has 0 aromatic carbocycles. The van der Waals surface area contributed by atoms with Crippen molar-refractivity contribution in [2.24, 2.45) is 0 Å². The van der Waals surface area contributed by atoms with Gasteiger partial charge in [-0.3, -0.25) is 4.79 Å². The van der Waals surface area contributed by atoms with Crippen LogP contribution < -0.4 is 4.74 Å². The molecule has 0 aliphatic rings. The zero-order valence-corrected chi connectivity index (χ0v) is 15.7. The summed E-state index contributed by atoms with van der Waals surface area (Å²) in [5.74, 6) is -0.329. The zero-order valence-electron chi connectivity index (χ0n) is 14.7. The maximum Gasteiger partial charge on any atom is 0.422 e. The van der Waals surface area contributed by atoms with Crippen LogP contribution in [0.25, 0.3) is 0 Å². The number of pyridine rings is 1. The molecule has 1 rings (SSSR count). The van der Waals surface area contributed by atoms with Gasteiger partial charge in [0.1, 0.15) is 0 Å². The minimum Gasteiger partial charge on any atom is -0.468 e. The second kappa shape index (κ2) is 7.65. The second-order valence-corrected chi connectivity index (χ2v) is 11.9. The smallest absolute Gasteiger partial charge is 0.422 e. The number of carbonyl (C=O) groups excluding carboxylic acids is 1. The molecule has 1 aromatic rings. The summed E-state index contributed by atoms with van der Waals surface area (Å²) in [6.45, 7) is 9.47. The normalized spacial score (nSPS) is 13.0. The molecule has 0 spiro atoms. The number of ether oxygens (including phenoxy) is 1. The molecule has 0 aliphatic heterocycles. The van der Waals surface area contributed by atoms with Gasteiger partial charge in [0.2, 0.25) is 5.88 Å². The van der Waals surface area contributed by atoms with E-state index in [9.17, 15) is 18.0 Å². The molecule has 0 amide bonds. The number of ketones is 1. The van der Waals surface area contributed by atoms with E-state index in [2.05, 4.69) is 43.6 Å². The van der Waals surface area contributed by atoms with Crippen molar-refractivity contribution in [1.29, 1.82) is 0 Å². The van der Waals surface area contributed by atoms with Crippen LogP contribution in [0.4, 0.5) is 13.2 Å². The number of carbonyl (C=O) groups is 1. The van der Waals surface area contributed by atoms with E-state index in [1.54, 1.807) is 0 Å². The standard InChI is InChI=1S/C16H24F3NO3Si/c1-15(2,3)24(4,5)23-9-8-13(21)12-6-7-14(20-10-12)22-11-16(17,18)19/h6-7,10H,8-9,11H2,1-5H3. The molecular weight excluding hydrogens is 339 g/mol. The summed E-state index contributed by atoms with van der Waals surface area (Å²) in [6.07, 6.45) is -2.99. The Balaban J connectivity index is 2.51. The Morgan fingerprint density at radius 3 is 2.29 bits per heavy atom. The Morgan fingerprint density at radius 1 is 1.21 bits per heavy atom. The molecular formula is C16H24F3NO3Si. The third-order valence-electron chi connectivity index (χ3n) is 4.04. The average molecular weight is 363 g/mol. The lowest BCUT2D eigenvalue weighted by atomic mass is 10.1. The molecule has 24 heavy (non-hydrogen) atoms. The highest BCUT2D eigenvalue weighted by molar-refractivity contribution is 6.74. The second-order valence-electron chi connectivity index (χ2n) is 7.07. The van der Waals surface area contributed by atoms with Crippen LogP contribution in [-0.4, -0.2) is 38.5 Å². The molecule has 136 valence electrons. The van der Waals surface area contributed by atoms with Crippen molar-refractivity contribution in [1.82, 2.24) is 4.98 Å². The number of alkyl halides is 3. The van der Waals surface area contributed by atoms with Crippen LogP contribution in [0.15, 0.2) is 18.3 Å². The van der Waals surface area contributed by atoms with Crippen molar-refractivity contribution in [2.45, 2.75) is 51.5 Å². The first kappa shape index (κ1) is 20.6. The van der Waals surface area contributed by atoms with Crippen LogP contribution in [0.3, 0.4) is 0 Å². The summed E-state index contributed by atoms with van der Waals surface area (Å²) >= 11 is 0. The van der Waals surface area contributed by atoms with Crippen LogP contribution in [-0.2, 0) is 4.43 Å². The Kier molecular flexibility index (Phi) is 6.57. The van der Waals surface area contributed by atoms with E-state index in [0.29, 0.717) is 12.2 Å². The largest absolute Gasteiger partial charge is 0.468 e. The first-order valence-corrected chi connectivity index (χ1v) is 10.6. The van der Waals surface area contributed by atoms with Crippen molar-refractivity contribution in [3.8, 4) is 5.88 Å². The van der Waals surface area contributed by atoms with E-state index < -0.39 is 21.1 Å². The van der Waals surface area contributed by atoms with Crippen LogP contribution in [0, 0.1) is 0 Å². The van der Waals surface area contributed by atoms with Gasteiger partial charge in [-0.2, -0.15) is 13.2 Å². The van der Waals surface area contributed by atoms with Crippen molar-refractivity contribution >= 4 is 14.1 Å². The summed E-state index contributed by atoms with van der Waals surface area (Å²) in [6, 6.07) is 2.67. The fourth-order valence-electron chi connectivity index (χ4n) is 1.55. The molecule has 8 heteroatoms. The summed E-state index contributed by atoms with van der Waals surface area (Å²) in [4.78, 5) is 15.8. The number of aromatic nitrogens is 1. The minimum absolute atomic E-state index is 0.0646. The van der Waals surface area contributed by atoms with Crippen LogP contribution in [0.2, 0.25) is 18.1 Å². The van der Waals surface area contributed by atoms with Gasteiger partial charge in [-0.25, -0.2) is 4.98 Å². The van der Waals surface area contributed by atoms with Crippen LogP contribution >= 0.6 is 0 Å². The van der Waals surface area contributed by atoms with Gasteiger partial charge in [-0.15, -0.1) is 0 Å². The zero-order chi connectivity index (χ0) is 18.6. The number of halogens is 3. The molecule has 0 unspecified atom stereocenters. The number of nitrogens with zero attached hydrogens (tertiary/aromatic N) is 1. The quantitative estimate of drug-likeness (QED) is 0.524. The van der Waals surface area contributed by atoms with Gasteiger partial charge in [-0.05, 0) is 24.2 Å². The molecule has 0 aliphatic carbocycles. The van der Waals surface area contributed by atoms with E-state index in [1.807, 2.05) is 0 Å². The van der Waals surface area contributed by atoms with E-state index in [-0.39, 0.29) is 23.1 Å². The van der Waals surface area contributed by atoms with Gasteiger partial charge in [0, 0.05) is 30.9 Å². The summed E-state index contributed by atoms with van der Waals surface area (Å²) in [5, 5.41) is 0.0646. The van der Waals surface area contributed by atoms with E-state index in [1.165, 1.54) is 18.3 Å². The van der Waals surface area contributed by atoms with E-state index in [4.69, 9.17) is 4.43 Å². The number of hydrogen-bond donors (Lipinski definition) is 0. The van der Waals surface area contributed by atoms with E-state index in [0.717, 1.165) is 0 Å². The lowest BCUT2D eigenvalue weighted by molar-refractivity contribution is -0.154. The lowest BCUT2D eigenvalue weighted by Gasteiger charge is -2.36. The van der Waals surface area contributed by atoms with Crippen molar-refractivity contribution in [3.63, 3.8) is 0 Å². The van der Waals surface area contributed by atoms with Crippen molar-refractivity contribution in [3.05, 3.63) is 23.9 Å². The summed E-state index contributed by atoms with van der Waals surface area (Å²) in [7, 11) is -1.90. The van der Waals surface area contributed by atoms with Crippen LogP contribution in [0.1, 0.15) is 37.6 Å². The van der Waals surface area contributed by atoms with Gasteiger partial charge < -0.3 is 9.16 Å². The van der Waals surface area contributed by atoms with Gasteiger partial charge in [-0.1, -0.05) is 20.8 Å². The first-order chi connectivity index (χ1) is 10.8. The molecule has 4 nitrogen and oxygen atoms in total. The molecule has 0 saturated carbocycles. The maximum absolute atomic E-state index is 12.1. The highest BCUT2D eigenvalue weighted by Crippen LogP contribution is 2.36. The van der Waals surface area contributed by atoms with Crippen LogP contribution in [0.5, 0.6) is 5.88 Å². The van der Waals surface area contributed by atoms with E-state index >= 15 is 0 Å². The molecule has 0 radical (unpaired) electrons. The lowest BCUT2D eigenvalue weighted by Crippen LogP contribution is -2.41. The highest BCUT2D eigenvalue weighted by atomic mass is 28.4. The Morgan fingerprint density at radius 2 is 1.83 bits per heavy atom. The Bertz CT molecular complexity index is 551. The van der Waals surface area contributed by atoms with Gasteiger partial charge in [0.25, 0.3) is 0 Å². The molecule has 0 fully saturated rings. The number of Topliss-reactive ketones (excluding diaryl/α,β-unsaturated/α-hetero) is 1. The average Bonchev–Trinajstić information content (AvgIpc) is 2.43. The minimum atomic E-state index is -4.42. The molecule has 0 saturated heterocycles. The fourth-order valence-corrected chi connectivity index (χ4v) is 2.59. The third kappa shape index (κ3) is 6.60. The fraction of sp³-hybridized carbons (Fsp3) is 0.625. The summed E-state index contributed by atoms with van der Waals surface area (Å²) < 4.78 is 46.6.